The largest absolute Gasteiger partial charge is 0.485 e. The van der Waals surface area contributed by atoms with E-state index in [0.29, 0.717) is 24.0 Å². The molecular formula is C17H19N3O3. The summed E-state index contributed by atoms with van der Waals surface area (Å²) in [5.74, 6) is 1.65. The van der Waals surface area contributed by atoms with Gasteiger partial charge >= 0.3 is 0 Å². The summed E-state index contributed by atoms with van der Waals surface area (Å²) in [5.41, 5.74) is 1.09. The number of aromatic nitrogens is 2. The highest BCUT2D eigenvalue weighted by Crippen LogP contribution is 2.32. The minimum atomic E-state index is -0.564. The first kappa shape index (κ1) is 14.1. The molecule has 2 atom stereocenters. The van der Waals surface area contributed by atoms with E-state index in [1.54, 1.807) is 6.20 Å². The van der Waals surface area contributed by atoms with E-state index in [1.165, 1.54) is 0 Å². The molecule has 0 spiro atoms. The van der Waals surface area contributed by atoms with Crippen LogP contribution in [0.5, 0.6) is 11.5 Å². The fraction of sp³-hybridized carbons (Fsp3) is 0.412. The zero-order valence-corrected chi connectivity index (χ0v) is 12.8. The average Bonchev–Trinajstić information content (AvgIpc) is 3.15. The molecule has 1 fully saturated rings. The Morgan fingerprint density at radius 3 is 2.96 bits per heavy atom. The third-order valence-electron chi connectivity index (χ3n) is 4.48. The lowest BCUT2D eigenvalue weighted by molar-refractivity contribution is -0.142. The number of para-hydroxylation sites is 2. The van der Waals surface area contributed by atoms with Crippen LogP contribution in [0.1, 0.15) is 24.5 Å². The zero-order valence-electron chi connectivity index (χ0n) is 12.8. The van der Waals surface area contributed by atoms with Gasteiger partial charge in [0.05, 0.1) is 0 Å². The molecule has 4 rings (SSSR count). The summed E-state index contributed by atoms with van der Waals surface area (Å²) in [6.45, 7) is 1.73. The van der Waals surface area contributed by atoms with Crippen molar-refractivity contribution in [2.24, 2.45) is 0 Å². The second-order valence-corrected chi connectivity index (χ2v) is 6.00. The number of hydrogen-bond donors (Lipinski definition) is 1. The van der Waals surface area contributed by atoms with Gasteiger partial charge in [-0.3, -0.25) is 9.89 Å². The van der Waals surface area contributed by atoms with Crippen molar-refractivity contribution < 1.29 is 14.3 Å². The molecule has 23 heavy (non-hydrogen) atoms. The molecule has 1 aromatic heterocycles. The Morgan fingerprint density at radius 2 is 2.13 bits per heavy atom. The highest BCUT2D eigenvalue weighted by molar-refractivity contribution is 5.82. The zero-order chi connectivity index (χ0) is 15.6. The number of rotatable bonds is 2. The van der Waals surface area contributed by atoms with Crippen LogP contribution in [0, 0.1) is 0 Å². The number of nitrogens with one attached hydrogen (secondary N) is 1. The Morgan fingerprint density at radius 1 is 1.26 bits per heavy atom. The Balaban J connectivity index is 1.45. The summed E-state index contributed by atoms with van der Waals surface area (Å²) in [7, 11) is 0. The number of amides is 1. The fourth-order valence-corrected chi connectivity index (χ4v) is 3.27. The van der Waals surface area contributed by atoms with Crippen LogP contribution in [-0.2, 0) is 4.79 Å². The van der Waals surface area contributed by atoms with Gasteiger partial charge in [-0.2, -0.15) is 5.10 Å². The number of piperidine rings is 1. The topological polar surface area (TPSA) is 67.5 Å². The molecule has 0 aliphatic carbocycles. The number of benzene rings is 1. The van der Waals surface area contributed by atoms with Gasteiger partial charge in [-0.25, -0.2) is 0 Å². The smallest absolute Gasteiger partial charge is 0.267 e. The Bertz CT molecular complexity index is 686. The summed E-state index contributed by atoms with van der Waals surface area (Å²) in [4.78, 5) is 14.7. The highest BCUT2D eigenvalue weighted by Gasteiger charge is 2.34. The summed E-state index contributed by atoms with van der Waals surface area (Å²) in [6.07, 6.45) is 3.24. The lowest BCUT2D eigenvalue weighted by Crippen LogP contribution is -2.49. The average molecular weight is 313 g/mol. The summed E-state index contributed by atoms with van der Waals surface area (Å²) < 4.78 is 11.5. The highest BCUT2D eigenvalue weighted by atomic mass is 16.6. The SMILES string of the molecule is O=C([C@H]1COc2ccccc2O1)N1CCC[C@@H](c2ccn[nH]2)C1. The molecule has 120 valence electrons. The van der Waals surface area contributed by atoms with Crippen molar-refractivity contribution in [1.29, 1.82) is 0 Å². The number of fused-ring (bicyclic) bond motifs is 1. The van der Waals surface area contributed by atoms with E-state index in [4.69, 9.17) is 9.47 Å². The van der Waals surface area contributed by atoms with Crippen molar-refractivity contribution in [1.82, 2.24) is 15.1 Å². The van der Waals surface area contributed by atoms with Gasteiger partial charge < -0.3 is 14.4 Å². The number of carbonyl (C=O) groups is 1. The van der Waals surface area contributed by atoms with Crippen molar-refractivity contribution in [3.05, 3.63) is 42.2 Å². The molecule has 6 nitrogen and oxygen atoms in total. The van der Waals surface area contributed by atoms with Crippen LogP contribution in [0.25, 0.3) is 0 Å². The maximum atomic E-state index is 12.8. The van der Waals surface area contributed by atoms with Crippen LogP contribution in [-0.4, -0.2) is 46.8 Å². The number of ether oxygens (including phenoxy) is 2. The Kier molecular flexibility index (Phi) is 3.65. The summed E-state index contributed by atoms with van der Waals surface area (Å²) >= 11 is 0. The Labute approximate surface area is 134 Å². The van der Waals surface area contributed by atoms with Crippen molar-refractivity contribution in [2.45, 2.75) is 24.9 Å². The first-order valence-corrected chi connectivity index (χ1v) is 7.98. The third kappa shape index (κ3) is 2.76. The number of H-pyrrole nitrogens is 1. The molecule has 6 heteroatoms. The normalized spacial score (nSPS) is 23.6. The molecule has 2 aliphatic heterocycles. The van der Waals surface area contributed by atoms with Crippen LogP contribution < -0.4 is 9.47 Å². The number of likely N-dealkylation sites (tertiary alicyclic amines) is 1. The van der Waals surface area contributed by atoms with Crippen LogP contribution in [0.3, 0.4) is 0 Å². The maximum absolute atomic E-state index is 12.8. The van der Waals surface area contributed by atoms with Gasteiger partial charge in [0, 0.05) is 30.9 Å². The van der Waals surface area contributed by atoms with Gasteiger partial charge in [0.15, 0.2) is 11.5 Å². The molecular weight excluding hydrogens is 294 g/mol. The summed E-state index contributed by atoms with van der Waals surface area (Å²) in [5, 5.41) is 7.02. The van der Waals surface area contributed by atoms with Crippen molar-refractivity contribution in [3.8, 4) is 11.5 Å². The van der Waals surface area contributed by atoms with Crippen LogP contribution >= 0.6 is 0 Å². The molecule has 2 aromatic rings. The van der Waals surface area contributed by atoms with E-state index < -0.39 is 6.10 Å². The Hall–Kier alpha value is -2.50. The molecule has 0 saturated carbocycles. The van der Waals surface area contributed by atoms with Gasteiger partial charge in [-0.15, -0.1) is 0 Å². The summed E-state index contributed by atoms with van der Waals surface area (Å²) in [6, 6.07) is 9.44. The lowest BCUT2D eigenvalue weighted by atomic mass is 9.94. The van der Waals surface area contributed by atoms with Gasteiger partial charge in [0.25, 0.3) is 5.91 Å². The first-order valence-electron chi connectivity index (χ1n) is 7.98. The van der Waals surface area contributed by atoms with E-state index >= 15 is 0 Å². The third-order valence-corrected chi connectivity index (χ3v) is 4.48. The molecule has 1 amide bonds. The van der Waals surface area contributed by atoms with E-state index in [0.717, 1.165) is 25.1 Å². The predicted molar refractivity (Wildman–Crippen MR) is 83.5 cm³/mol. The first-order chi connectivity index (χ1) is 11.3. The van der Waals surface area contributed by atoms with Crippen LogP contribution in [0.4, 0.5) is 0 Å². The second kappa shape index (κ2) is 5.95. The standard InChI is InChI=1S/C17H19N3O3/c21-17(16-11-22-14-5-1-2-6-15(14)23-16)20-9-3-4-12(10-20)13-7-8-18-19-13/h1-2,5-8,12,16H,3-4,9-11H2,(H,18,19)/t12-,16-/m1/s1. The number of aromatic amines is 1. The molecule has 1 N–H and O–H groups in total. The van der Waals surface area contributed by atoms with E-state index in [-0.39, 0.29) is 12.5 Å². The molecule has 2 aliphatic rings. The molecule has 3 heterocycles. The second-order valence-electron chi connectivity index (χ2n) is 6.00. The van der Waals surface area contributed by atoms with Crippen LogP contribution in [0.15, 0.2) is 36.5 Å². The van der Waals surface area contributed by atoms with E-state index in [1.807, 2.05) is 35.2 Å². The van der Waals surface area contributed by atoms with Crippen LogP contribution in [0.2, 0.25) is 0 Å². The maximum Gasteiger partial charge on any atom is 0.267 e. The number of carbonyl (C=O) groups excluding carboxylic acids is 1. The van der Waals surface area contributed by atoms with Crippen molar-refractivity contribution in [2.75, 3.05) is 19.7 Å². The van der Waals surface area contributed by atoms with Gasteiger partial charge in [-0.05, 0) is 31.0 Å². The number of nitrogens with zero attached hydrogens (tertiary/aromatic N) is 2. The molecule has 0 unspecified atom stereocenters. The van der Waals surface area contributed by atoms with Crippen molar-refractivity contribution in [3.63, 3.8) is 0 Å². The van der Waals surface area contributed by atoms with Gasteiger partial charge in [0.1, 0.15) is 6.61 Å². The van der Waals surface area contributed by atoms with Crippen molar-refractivity contribution >= 4 is 5.91 Å². The molecule has 0 bridgehead atoms. The number of hydrogen-bond acceptors (Lipinski definition) is 4. The van der Waals surface area contributed by atoms with Gasteiger partial charge in [0.2, 0.25) is 6.10 Å². The quantitative estimate of drug-likeness (QED) is 0.920. The van der Waals surface area contributed by atoms with E-state index in [2.05, 4.69) is 10.2 Å². The fourth-order valence-electron chi connectivity index (χ4n) is 3.27. The predicted octanol–water partition coefficient (Wildman–Crippen LogP) is 1.96. The molecule has 1 saturated heterocycles. The van der Waals surface area contributed by atoms with E-state index in [9.17, 15) is 4.79 Å². The molecule has 1 aromatic carbocycles. The lowest BCUT2D eigenvalue weighted by Gasteiger charge is -2.35. The minimum Gasteiger partial charge on any atom is -0.485 e. The minimum absolute atomic E-state index is 0.00344. The molecule has 0 radical (unpaired) electrons. The van der Waals surface area contributed by atoms with Gasteiger partial charge in [-0.1, -0.05) is 12.1 Å². The monoisotopic (exact) mass is 313 g/mol.